The van der Waals surface area contributed by atoms with Gasteiger partial charge in [-0.25, -0.2) is 0 Å². The predicted octanol–water partition coefficient (Wildman–Crippen LogP) is 5.07. The van der Waals surface area contributed by atoms with Crippen molar-refractivity contribution >= 4 is 35.2 Å². The fourth-order valence-electron chi connectivity index (χ4n) is 2.85. The standard InChI is InChI=1S/C23H29ClN2O2S/c1-4-5-14-25-23(28)18(3)26(15-19-9-7-6-8-17(19)2)22(27)16-29-21-12-10-20(24)11-13-21/h6-13,18H,4-5,14-16H2,1-3H3,(H,25,28). The van der Waals surface area contributed by atoms with Gasteiger partial charge >= 0.3 is 0 Å². The molecule has 0 fully saturated rings. The zero-order valence-electron chi connectivity index (χ0n) is 17.3. The quantitative estimate of drug-likeness (QED) is 0.421. The van der Waals surface area contributed by atoms with Crippen molar-refractivity contribution in [2.45, 2.75) is 51.1 Å². The lowest BCUT2D eigenvalue weighted by Gasteiger charge is -2.29. The predicted molar refractivity (Wildman–Crippen MR) is 121 cm³/mol. The summed E-state index contributed by atoms with van der Waals surface area (Å²) in [5.74, 6) is 0.0864. The Morgan fingerprint density at radius 2 is 1.83 bits per heavy atom. The number of hydrogen-bond acceptors (Lipinski definition) is 3. The average molecular weight is 433 g/mol. The van der Waals surface area contributed by atoms with E-state index >= 15 is 0 Å². The molecule has 4 nitrogen and oxygen atoms in total. The molecule has 0 heterocycles. The smallest absolute Gasteiger partial charge is 0.242 e. The molecule has 2 rings (SSSR count). The Labute approximate surface area is 183 Å². The van der Waals surface area contributed by atoms with E-state index in [1.54, 1.807) is 11.8 Å². The normalized spacial score (nSPS) is 11.7. The van der Waals surface area contributed by atoms with Crippen LogP contribution in [0.1, 0.15) is 37.8 Å². The number of carbonyl (C=O) groups is 2. The molecule has 1 unspecified atom stereocenters. The Morgan fingerprint density at radius 3 is 2.48 bits per heavy atom. The first kappa shape index (κ1) is 23.3. The third-order valence-electron chi connectivity index (χ3n) is 4.77. The first-order chi connectivity index (χ1) is 13.9. The molecule has 0 aliphatic rings. The van der Waals surface area contributed by atoms with Crippen LogP contribution in [0.3, 0.4) is 0 Å². The number of amides is 2. The lowest BCUT2D eigenvalue weighted by Crippen LogP contribution is -2.48. The van der Waals surface area contributed by atoms with Gasteiger partial charge in [0, 0.05) is 23.0 Å². The number of nitrogens with one attached hydrogen (secondary N) is 1. The summed E-state index contributed by atoms with van der Waals surface area (Å²) >= 11 is 7.38. The molecule has 2 amide bonds. The van der Waals surface area contributed by atoms with E-state index in [1.165, 1.54) is 11.8 Å². The second kappa shape index (κ2) is 11.9. The molecule has 6 heteroatoms. The summed E-state index contributed by atoms with van der Waals surface area (Å²) in [5.41, 5.74) is 2.15. The lowest BCUT2D eigenvalue weighted by molar-refractivity contribution is -0.138. The van der Waals surface area contributed by atoms with Crippen molar-refractivity contribution in [3.63, 3.8) is 0 Å². The Balaban J connectivity index is 2.11. The van der Waals surface area contributed by atoms with Gasteiger partial charge in [0.25, 0.3) is 0 Å². The van der Waals surface area contributed by atoms with Gasteiger partial charge in [-0.15, -0.1) is 11.8 Å². The molecule has 29 heavy (non-hydrogen) atoms. The van der Waals surface area contributed by atoms with Gasteiger partial charge in [0.15, 0.2) is 0 Å². The van der Waals surface area contributed by atoms with Gasteiger partial charge in [-0.05, 0) is 55.7 Å². The molecular formula is C23H29ClN2O2S. The van der Waals surface area contributed by atoms with Crippen molar-refractivity contribution in [2.75, 3.05) is 12.3 Å². The number of carbonyl (C=O) groups excluding carboxylic acids is 2. The highest BCUT2D eigenvalue weighted by molar-refractivity contribution is 8.00. The number of unbranched alkanes of at least 4 members (excludes halogenated alkanes) is 1. The number of thioether (sulfide) groups is 1. The third kappa shape index (κ3) is 7.41. The van der Waals surface area contributed by atoms with E-state index in [4.69, 9.17) is 11.6 Å². The summed E-state index contributed by atoms with van der Waals surface area (Å²) in [5, 5.41) is 3.61. The van der Waals surface area contributed by atoms with Gasteiger partial charge in [-0.3, -0.25) is 9.59 Å². The maximum absolute atomic E-state index is 13.1. The highest BCUT2D eigenvalue weighted by Gasteiger charge is 2.26. The van der Waals surface area contributed by atoms with E-state index < -0.39 is 6.04 Å². The van der Waals surface area contributed by atoms with Gasteiger partial charge in [0.2, 0.25) is 11.8 Å². The summed E-state index contributed by atoms with van der Waals surface area (Å²) < 4.78 is 0. The van der Waals surface area contributed by atoms with Crippen molar-refractivity contribution in [1.29, 1.82) is 0 Å². The van der Waals surface area contributed by atoms with Crippen molar-refractivity contribution in [3.8, 4) is 0 Å². The van der Waals surface area contributed by atoms with Crippen molar-refractivity contribution in [2.24, 2.45) is 0 Å². The zero-order chi connectivity index (χ0) is 21.2. The van der Waals surface area contributed by atoms with Crippen LogP contribution in [-0.4, -0.2) is 35.1 Å². The van der Waals surface area contributed by atoms with Crippen LogP contribution in [-0.2, 0) is 16.1 Å². The number of aryl methyl sites for hydroxylation is 1. The molecule has 0 aliphatic heterocycles. The minimum atomic E-state index is -0.537. The van der Waals surface area contributed by atoms with Crippen molar-refractivity contribution in [1.82, 2.24) is 10.2 Å². The van der Waals surface area contributed by atoms with Crippen LogP contribution in [0.5, 0.6) is 0 Å². The molecule has 0 spiro atoms. The molecule has 156 valence electrons. The SMILES string of the molecule is CCCCNC(=O)C(C)N(Cc1ccccc1C)C(=O)CSc1ccc(Cl)cc1. The minimum absolute atomic E-state index is 0.0636. The van der Waals surface area contributed by atoms with E-state index in [1.807, 2.05) is 55.5 Å². The maximum Gasteiger partial charge on any atom is 0.242 e. The average Bonchev–Trinajstić information content (AvgIpc) is 2.72. The van der Waals surface area contributed by atoms with Crippen LogP contribution in [0.4, 0.5) is 0 Å². The van der Waals surface area contributed by atoms with E-state index in [0.29, 0.717) is 18.1 Å². The molecule has 0 aromatic heterocycles. The lowest BCUT2D eigenvalue weighted by atomic mass is 10.1. The Kier molecular flexibility index (Phi) is 9.55. The monoisotopic (exact) mass is 432 g/mol. The highest BCUT2D eigenvalue weighted by Crippen LogP contribution is 2.22. The summed E-state index contributed by atoms with van der Waals surface area (Å²) in [6, 6.07) is 14.8. The number of hydrogen-bond donors (Lipinski definition) is 1. The van der Waals surface area contributed by atoms with Crippen LogP contribution in [0.2, 0.25) is 5.02 Å². The number of rotatable bonds is 10. The van der Waals surface area contributed by atoms with Crippen LogP contribution in [0.15, 0.2) is 53.4 Å². The van der Waals surface area contributed by atoms with Gasteiger partial charge in [0.1, 0.15) is 6.04 Å². The number of nitrogens with zero attached hydrogens (tertiary/aromatic N) is 1. The van der Waals surface area contributed by atoms with E-state index in [0.717, 1.165) is 28.9 Å². The van der Waals surface area contributed by atoms with Crippen LogP contribution in [0.25, 0.3) is 0 Å². The van der Waals surface area contributed by atoms with Gasteiger partial charge in [-0.1, -0.05) is 49.2 Å². The second-order valence-electron chi connectivity index (χ2n) is 7.01. The summed E-state index contributed by atoms with van der Waals surface area (Å²) in [6.45, 7) is 6.94. The summed E-state index contributed by atoms with van der Waals surface area (Å²) in [4.78, 5) is 28.3. The summed E-state index contributed by atoms with van der Waals surface area (Å²) in [6.07, 6.45) is 1.94. The molecular weight excluding hydrogens is 404 g/mol. The topological polar surface area (TPSA) is 49.4 Å². The van der Waals surface area contributed by atoms with E-state index in [-0.39, 0.29) is 17.6 Å². The summed E-state index contributed by atoms with van der Waals surface area (Å²) in [7, 11) is 0. The molecule has 0 aliphatic carbocycles. The van der Waals surface area contributed by atoms with Crippen LogP contribution < -0.4 is 5.32 Å². The van der Waals surface area contributed by atoms with Crippen LogP contribution >= 0.6 is 23.4 Å². The molecule has 0 saturated carbocycles. The van der Waals surface area contributed by atoms with Crippen molar-refractivity contribution in [3.05, 3.63) is 64.7 Å². The van der Waals surface area contributed by atoms with E-state index in [9.17, 15) is 9.59 Å². The van der Waals surface area contributed by atoms with Gasteiger partial charge < -0.3 is 10.2 Å². The minimum Gasteiger partial charge on any atom is -0.354 e. The fourth-order valence-corrected chi connectivity index (χ4v) is 3.76. The Bertz CT molecular complexity index is 811. The highest BCUT2D eigenvalue weighted by atomic mass is 35.5. The van der Waals surface area contributed by atoms with E-state index in [2.05, 4.69) is 12.2 Å². The molecule has 0 saturated heterocycles. The molecule has 0 radical (unpaired) electrons. The molecule has 2 aromatic carbocycles. The Morgan fingerprint density at radius 1 is 1.14 bits per heavy atom. The van der Waals surface area contributed by atoms with Crippen LogP contribution in [0, 0.1) is 6.92 Å². The molecule has 1 N–H and O–H groups in total. The first-order valence-electron chi connectivity index (χ1n) is 9.92. The molecule has 2 aromatic rings. The fraction of sp³-hybridized carbons (Fsp3) is 0.391. The number of benzene rings is 2. The van der Waals surface area contributed by atoms with Gasteiger partial charge in [-0.2, -0.15) is 0 Å². The zero-order valence-corrected chi connectivity index (χ0v) is 18.9. The molecule has 1 atom stereocenters. The third-order valence-corrected chi connectivity index (χ3v) is 6.02. The second-order valence-corrected chi connectivity index (χ2v) is 8.50. The van der Waals surface area contributed by atoms with Crippen molar-refractivity contribution < 1.29 is 9.59 Å². The molecule has 0 bridgehead atoms. The first-order valence-corrected chi connectivity index (χ1v) is 11.3. The maximum atomic E-state index is 13.1. The largest absolute Gasteiger partial charge is 0.354 e. The Hall–Kier alpha value is -1.98. The van der Waals surface area contributed by atoms with Gasteiger partial charge in [0.05, 0.1) is 5.75 Å². The number of halogens is 1.